The molecule has 0 saturated heterocycles. The van der Waals surface area contributed by atoms with Gasteiger partial charge in [0.05, 0.1) is 6.61 Å². The van der Waals surface area contributed by atoms with Crippen LogP contribution in [-0.2, 0) is 0 Å². The van der Waals surface area contributed by atoms with E-state index in [2.05, 4.69) is 0 Å². The molecule has 0 aliphatic rings. The van der Waals surface area contributed by atoms with Gasteiger partial charge in [0.1, 0.15) is 24.4 Å². The van der Waals surface area contributed by atoms with Crippen molar-refractivity contribution in [1.29, 1.82) is 5.41 Å². The Bertz CT molecular complexity index is 304. The minimum atomic E-state index is -0.0521. The molecule has 0 aromatic heterocycles. The molecule has 0 spiro atoms. The topological polar surface area (TPSA) is 82.6 Å². The van der Waals surface area contributed by atoms with Crippen molar-refractivity contribution >= 4 is 12.0 Å². The number of hydrogen-bond acceptors (Lipinski definition) is 4. The predicted molar refractivity (Wildman–Crippen MR) is 54.5 cm³/mol. The molecule has 0 atom stereocenters. The third-order valence-corrected chi connectivity index (χ3v) is 1.63. The Kier molecular flexibility index (Phi) is 3.90. The van der Waals surface area contributed by atoms with Gasteiger partial charge in [-0.25, -0.2) is 5.84 Å². The van der Waals surface area contributed by atoms with E-state index in [1.165, 1.54) is 0 Å². The van der Waals surface area contributed by atoms with Gasteiger partial charge in [0, 0.05) is 0 Å². The summed E-state index contributed by atoms with van der Waals surface area (Å²) in [5.74, 6) is 6.06. The van der Waals surface area contributed by atoms with Crippen molar-refractivity contribution in [1.82, 2.24) is 0 Å². The Morgan fingerprint density at radius 2 is 2.21 bits per heavy atom. The molecule has 1 aromatic carbocycles. The minimum absolute atomic E-state index is 0.0521. The number of anilines is 1. The van der Waals surface area contributed by atoms with Crippen molar-refractivity contribution in [3.8, 4) is 5.75 Å². The van der Waals surface area contributed by atoms with Gasteiger partial charge in [0.15, 0.2) is 0 Å². The van der Waals surface area contributed by atoms with E-state index in [0.717, 1.165) is 11.3 Å². The number of aliphatic hydroxyl groups excluding tert-OH is 1. The van der Waals surface area contributed by atoms with Crippen LogP contribution in [-0.4, -0.2) is 24.7 Å². The first-order valence-electron chi connectivity index (χ1n) is 4.17. The van der Waals surface area contributed by atoms with Gasteiger partial charge in [-0.05, 0) is 12.1 Å². The lowest BCUT2D eigenvalue weighted by molar-refractivity contribution is 0.202. The molecule has 0 amide bonds. The van der Waals surface area contributed by atoms with Crippen LogP contribution in [0.5, 0.6) is 5.75 Å². The SMILES string of the molecule is N=CN(N)c1ccccc1OCCO. The van der Waals surface area contributed by atoms with Crippen LogP contribution in [0.1, 0.15) is 0 Å². The lowest BCUT2D eigenvalue weighted by atomic mass is 10.3. The molecular formula is C9H13N3O2. The molecule has 14 heavy (non-hydrogen) atoms. The van der Waals surface area contributed by atoms with E-state index in [9.17, 15) is 0 Å². The highest BCUT2D eigenvalue weighted by molar-refractivity contribution is 5.78. The smallest absolute Gasteiger partial charge is 0.144 e. The first-order valence-corrected chi connectivity index (χ1v) is 4.17. The number of aliphatic hydroxyl groups is 1. The molecule has 0 aliphatic heterocycles. The van der Waals surface area contributed by atoms with E-state index in [-0.39, 0.29) is 13.2 Å². The molecule has 0 fully saturated rings. The van der Waals surface area contributed by atoms with Crippen molar-refractivity contribution in [2.45, 2.75) is 0 Å². The largest absolute Gasteiger partial charge is 0.489 e. The standard InChI is InChI=1S/C9H13N3O2/c10-7-12(11)8-3-1-2-4-9(8)14-6-5-13/h1-4,7,10,13H,5-6,11H2. The van der Waals surface area contributed by atoms with Crippen molar-refractivity contribution < 1.29 is 9.84 Å². The Labute approximate surface area is 82.2 Å². The average Bonchev–Trinajstić information content (AvgIpc) is 2.25. The highest BCUT2D eigenvalue weighted by Gasteiger charge is 2.05. The number of benzene rings is 1. The fraction of sp³-hybridized carbons (Fsp3) is 0.222. The van der Waals surface area contributed by atoms with Gasteiger partial charge in [-0.2, -0.15) is 0 Å². The third-order valence-electron chi connectivity index (χ3n) is 1.63. The molecule has 4 N–H and O–H groups in total. The van der Waals surface area contributed by atoms with Crippen molar-refractivity contribution in [2.24, 2.45) is 5.84 Å². The number of nitrogens with zero attached hydrogens (tertiary/aromatic N) is 1. The van der Waals surface area contributed by atoms with E-state index < -0.39 is 0 Å². The molecular weight excluding hydrogens is 182 g/mol. The maximum Gasteiger partial charge on any atom is 0.144 e. The summed E-state index contributed by atoms with van der Waals surface area (Å²) in [7, 11) is 0. The van der Waals surface area contributed by atoms with Crippen LogP contribution in [0.15, 0.2) is 24.3 Å². The first-order chi connectivity index (χ1) is 6.79. The van der Waals surface area contributed by atoms with Crippen molar-refractivity contribution in [2.75, 3.05) is 18.2 Å². The molecule has 0 saturated carbocycles. The van der Waals surface area contributed by atoms with Crippen molar-refractivity contribution in [3.05, 3.63) is 24.3 Å². The molecule has 1 aromatic rings. The van der Waals surface area contributed by atoms with E-state index >= 15 is 0 Å². The summed E-state index contributed by atoms with van der Waals surface area (Å²) in [4.78, 5) is 0. The Hall–Kier alpha value is -1.59. The molecule has 1 rings (SSSR count). The lowest BCUT2D eigenvalue weighted by Gasteiger charge is -2.16. The molecule has 0 bridgehead atoms. The fourth-order valence-corrected chi connectivity index (χ4v) is 1.02. The molecule has 0 heterocycles. The van der Waals surface area contributed by atoms with Crippen LogP contribution < -0.4 is 15.6 Å². The van der Waals surface area contributed by atoms with Gasteiger partial charge in [-0.3, -0.25) is 10.4 Å². The second-order valence-electron chi connectivity index (χ2n) is 2.58. The highest BCUT2D eigenvalue weighted by atomic mass is 16.5. The predicted octanol–water partition coefficient (Wildman–Crippen LogP) is 0.345. The molecule has 0 aliphatic carbocycles. The van der Waals surface area contributed by atoms with Gasteiger partial charge in [-0.15, -0.1) is 0 Å². The number of hydrogen-bond donors (Lipinski definition) is 3. The number of nitrogens with one attached hydrogen (secondary N) is 1. The maximum absolute atomic E-state index is 8.60. The van der Waals surface area contributed by atoms with Crippen LogP contribution in [0.2, 0.25) is 0 Å². The first kappa shape index (κ1) is 10.5. The van der Waals surface area contributed by atoms with Crippen LogP contribution in [0, 0.1) is 5.41 Å². The second kappa shape index (κ2) is 5.21. The van der Waals surface area contributed by atoms with Crippen LogP contribution in [0.3, 0.4) is 0 Å². The second-order valence-corrected chi connectivity index (χ2v) is 2.58. The van der Waals surface area contributed by atoms with Crippen LogP contribution >= 0.6 is 0 Å². The highest BCUT2D eigenvalue weighted by Crippen LogP contribution is 2.24. The van der Waals surface area contributed by atoms with E-state index in [0.29, 0.717) is 11.4 Å². The summed E-state index contributed by atoms with van der Waals surface area (Å²) in [5, 5.41) is 16.7. The quantitative estimate of drug-likeness (QED) is 0.274. The average molecular weight is 195 g/mol. The van der Waals surface area contributed by atoms with E-state index in [1.54, 1.807) is 24.3 Å². The van der Waals surface area contributed by atoms with Gasteiger partial charge in [0.2, 0.25) is 0 Å². The number of nitrogens with two attached hydrogens (primary N) is 1. The summed E-state index contributed by atoms with van der Waals surface area (Å²) in [5.41, 5.74) is 0.593. The molecule has 5 nitrogen and oxygen atoms in total. The van der Waals surface area contributed by atoms with Crippen LogP contribution in [0.4, 0.5) is 5.69 Å². The third kappa shape index (κ3) is 2.45. The molecule has 5 heteroatoms. The van der Waals surface area contributed by atoms with E-state index in [1.807, 2.05) is 0 Å². The Morgan fingerprint density at radius 1 is 1.50 bits per heavy atom. The summed E-state index contributed by atoms with van der Waals surface area (Å²) in [6.07, 6.45) is 0.987. The van der Waals surface area contributed by atoms with E-state index in [4.69, 9.17) is 21.1 Å². The molecule has 76 valence electrons. The molecule has 0 unspecified atom stereocenters. The maximum atomic E-state index is 8.60. The Morgan fingerprint density at radius 3 is 2.86 bits per heavy atom. The molecule has 0 radical (unpaired) electrons. The Balaban J connectivity index is 2.85. The number of hydrazine groups is 1. The van der Waals surface area contributed by atoms with Gasteiger partial charge in [-0.1, -0.05) is 12.1 Å². The van der Waals surface area contributed by atoms with Gasteiger partial charge >= 0.3 is 0 Å². The zero-order valence-electron chi connectivity index (χ0n) is 7.68. The summed E-state index contributed by atoms with van der Waals surface area (Å²) in [6.45, 7) is 0.159. The zero-order chi connectivity index (χ0) is 10.4. The summed E-state index contributed by atoms with van der Waals surface area (Å²) < 4.78 is 5.23. The zero-order valence-corrected chi connectivity index (χ0v) is 7.68. The van der Waals surface area contributed by atoms with Gasteiger partial charge < -0.3 is 9.84 Å². The van der Waals surface area contributed by atoms with Crippen LogP contribution in [0.25, 0.3) is 0 Å². The minimum Gasteiger partial charge on any atom is -0.489 e. The summed E-state index contributed by atoms with van der Waals surface area (Å²) in [6, 6.07) is 7.06. The number of ether oxygens (including phenoxy) is 1. The van der Waals surface area contributed by atoms with Crippen molar-refractivity contribution in [3.63, 3.8) is 0 Å². The number of rotatable bonds is 5. The monoisotopic (exact) mass is 195 g/mol. The fourth-order valence-electron chi connectivity index (χ4n) is 1.02. The van der Waals surface area contributed by atoms with Gasteiger partial charge in [0.25, 0.3) is 0 Å². The number of para-hydroxylation sites is 2. The summed E-state index contributed by atoms with van der Waals surface area (Å²) >= 11 is 0. The lowest BCUT2D eigenvalue weighted by Crippen LogP contribution is -2.29. The normalized spacial score (nSPS) is 9.57.